The van der Waals surface area contributed by atoms with Crippen LogP contribution < -0.4 is 0 Å². The molecule has 0 aliphatic rings. The molecule has 0 radical (unpaired) electrons. The van der Waals surface area contributed by atoms with E-state index in [2.05, 4.69) is 35.4 Å². The molecule has 1 aromatic carbocycles. The maximum Gasteiger partial charge on any atom is 0.336 e. The van der Waals surface area contributed by atoms with Crippen molar-refractivity contribution in [2.24, 2.45) is 0 Å². The van der Waals surface area contributed by atoms with E-state index in [0.29, 0.717) is 0 Å². The number of carboxylic acid groups (broad SMARTS) is 3. The molecule has 2 heterocycles. The first kappa shape index (κ1) is 29.0. The van der Waals surface area contributed by atoms with Crippen LogP contribution in [0.5, 0.6) is 0 Å². The minimum absolute atomic E-state index is 0.227. The van der Waals surface area contributed by atoms with Gasteiger partial charge in [-0.25, -0.2) is 4.79 Å². The largest absolute Gasteiger partial charge is 0.481 e. The van der Waals surface area contributed by atoms with Crippen LogP contribution in [-0.4, -0.2) is 67.1 Å². The number of furan rings is 1. The number of hydrogen-bond acceptors (Lipinski definition) is 8. The quantitative estimate of drug-likeness (QED) is 0.238. The number of aliphatic carboxylic acids is 3. The first-order chi connectivity index (χ1) is 17.0. The first-order valence-electron chi connectivity index (χ1n) is 11.2. The van der Waals surface area contributed by atoms with Gasteiger partial charge < -0.3 is 29.9 Å². The van der Waals surface area contributed by atoms with Crippen LogP contribution in [0.1, 0.15) is 41.0 Å². The van der Waals surface area contributed by atoms with Gasteiger partial charge in [0, 0.05) is 42.1 Å². The molecular formula is C25H31NO9S. The van der Waals surface area contributed by atoms with Crippen LogP contribution in [0.3, 0.4) is 0 Å². The number of carbonyl (C=O) groups is 3. The van der Waals surface area contributed by atoms with Gasteiger partial charge in [-0.2, -0.15) is 0 Å². The Kier molecular flexibility index (Phi) is 10.6. The Hall–Kier alpha value is -3.25. The van der Waals surface area contributed by atoms with Gasteiger partial charge in [-0.05, 0) is 43.3 Å². The number of aliphatic hydroxyl groups is 2. The highest BCUT2D eigenvalue weighted by molar-refractivity contribution is 7.10. The van der Waals surface area contributed by atoms with E-state index in [-0.39, 0.29) is 6.61 Å². The molecule has 0 unspecified atom stereocenters. The van der Waals surface area contributed by atoms with Crippen molar-refractivity contribution in [2.45, 2.75) is 51.8 Å². The number of para-hydroxylation sites is 1. The predicted molar refractivity (Wildman–Crippen MR) is 133 cm³/mol. The summed E-state index contributed by atoms with van der Waals surface area (Å²) < 4.78 is 5.89. The normalized spacial score (nSPS) is 11.4. The van der Waals surface area contributed by atoms with Gasteiger partial charge in [0.25, 0.3) is 0 Å². The number of rotatable bonds is 12. The van der Waals surface area contributed by atoms with Crippen LogP contribution in [0.4, 0.5) is 0 Å². The van der Waals surface area contributed by atoms with E-state index in [1.807, 2.05) is 19.1 Å². The molecule has 0 bridgehead atoms. The third-order valence-corrected chi connectivity index (χ3v) is 6.54. The number of benzene rings is 1. The fourth-order valence-electron chi connectivity index (χ4n) is 3.63. The summed E-state index contributed by atoms with van der Waals surface area (Å²) in [7, 11) is 0. The van der Waals surface area contributed by atoms with Gasteiger partial charge in [0.2, 0.25) is 0 Å². The molecule has 11 heteroatoms. The van der Waals surface area contributed by atoms with Crippen LogP contribution in [0.2, 0.25) is 0 Å². The molecule has 3 aromatic rings. The molecule has 0 aliphatic heterocycles. The fraction of sp³-hybridized carbons (Fsp3) is 0.400. The van der Waals surface area contributed by atoms with Crippen LogP contribution in [0, 0.1) is 13.8 Å². The van der Waals surface area contributed by atoms with Crippen LogP contribution >= 0.6 is 11.3 Å². The van der Waals surface area contributed by atoms with Crippen molar-refractivity contribution in [3.8, 4) is 0 Å². The second-order valence-corrected chi connectivity index (χ2v) is 9.43. The van der Waals surface area contributed by atoms with Crippen molar-refractivity contribution < 1.29 is 44.3 Å². The number of hydrogen-bond donors (Lipinski definition) is 5. The van der Waals surface area contributed by atoms with Gasteiger partial charge in [0.15, 0.2) is 5.60 Å². The Morgan fingerprint density at radius 3 is 2.17 bits per heavy atom. The Bertz CT molecular complexity index is 1170. The molecule has 0 saturated carbocycles. The lowest BCUT2D eigenvalue weighted by Gasteiger charge is -2.22. The maximum absolute atomic E-state index is 10.3. The summed E-state index contributed by atoms with van der Waals surface area (Å²) in [6.45, 7) is 7.07. The topological polar surface area (TPSA) is 169 Å². The van der Waals surface area contributed by atoms with Gasteiger partial charge in [-0.1, -0.05) is 18.2 Å². The minimum atomic E-state index is -2.74. The van der Waals surface area contributed by atoms with E-state index < -0.39 is 36.4 Å². The highest BCUT2D eigenvalue weighted by atomic mass is 32.1. The first-order valence-corrected chi connectivity index (χ1v) is 12.1. The predicted octanol–water partition coefficient (Wildman–Crippen LogP) is 3.25. The summed E-state index contributed by atoms with van der Waals surface area (Å²) in [5.41, 5.74) is 0.817. The summed E-state index contributed by atoms with van der Waals surface area (Å²) in [6, 6.07) is 10.4. The molecule has 0 aliphatic carbocycles. The smallest absolute Gasteiger partial charge is 0.336 e. The SMILES string of the molecule is Cc1ccsc1CN(CCCO)Cc1c(C)oc2ccccc12.O=C(O)CC(O)(CC(=O)O)C(=O)O. The van der Waals surface area contributed by atoms with E-state index in [1.54, 1.807) is 11.3 Å². The van der Waals surface area contributed by atoms with Crippen molar-refractivity contribution in [1.29, 1.82) is 0 Å². The van der Waals surface area contributed by atoms with Crippen LogP contribution in [-0.2, 0) is 27.5 Å². The number of nitrogens with zero attached hydrogens (tertiary/aromatic N) is 1. The average Bonchev–Trinajstić information content (AvgIpc) is 3.33. The Morgan fingerprint density at radius 1 is 1.00 bits per heavy atom. The lowest BCUT2D eigenvalue weighted by molar-refractivity contribution is -0.170. The Labute approximate surface area is 212 Å². The zero-order chi connectivity index (χ0) is 26.9. The second kappa shape index (κ2) is 13.2. The van der Waals surface area contributed by atoms with Gasteiger partial charge in [-0.3, -0.25) is 14.5 Å². The highest BCUT2D eigenvalue weighted by Crippen LogP contribution is 2.28. The molecule has 0 saturated heterocycles. The Morgan fingerprint density at radius 2 is 1.64 bits per heavy atom. The number of carboxylic acids is 3. The molecule has 0 fully saturated rings. The van der Waals surface area contributed by atoms with Gasteiger partial charge >= 0.3 is 17.9 Å². The zero-order valence-corrected chi connectivity index (χ0v) is 21.0. The molecule has 196 valence electrons. The van der Waals surface area contributed by atoms with E-state index >= 15 is 0 Å². The molecule has 0 atom stereocenters. The summed E-state index contributed by atoms with van der Waals surface area (Å²) in [6.07, 6.45) is -1.50. The van der Waals surface area contributed by atoms with Crippen LogP contribution in [0.15, 0.2) is 40.1 Å². The van der Waals surface area contributed by atoms with E-state index in [1.165, 1.54) is 21.4 Å². The molecule has 5 N–H and O–H groups in total. The van der Waals surface area contributed by atoms with Gasteiger partial charge in [0.1, 0.15) is 11.3 Å². The van der Waals surface area contributed by atoms with Crippen molar-refractivity contribution in [3.05, 3.63) is 57.5 Å². The Balaban J connectivity index is 0.000000302. The van der Waals surface area contributed by atoms with E-state index in [0.717, 1.165) is 37.4 Å². The molecule has 2 aromatic heterocycles. The molecule has 36 heavy (non-hydrogen) atoms. The molecule has 10 nitrogen and oxygen atoms in total. The van der Waals surface area contributed by atoms with Crippen molar-refractivity contribution in [2.75, 3.05) is 13.2 Å². The lowest BCUT2D eigenvalue weighted by atomic mass is 9.96. The highest BCUT2D eigenvalue weighted by Gasteiger charge is 2.40. The number of aliphatic hydroxyl groups excluding tert-OH is 1. The minimum Gasteiger partial charge on any atom is -0.481 e. The van der Waals surface area contributed by atoms with E-state index in [4.69, 9.17) is 24.8 Å². The third-order valence-electron chi connectivity index (χ3n) is 5.54. The number of aryl methyl sites for hydroxylation is 2. The molecular weight excluding hydrogens is 490 g/mol. The van der Waals surface area contributed by atoms with Crippen molar-refractivity contribution >= 4 is 40.2 Å². The zero-order valence-electron chi connectivity index (χ0n) is 20.1. The fourth-order valence-corrected chi connectivity index (χ4v) is 4.58. The molecule has 3 rings (SSSR count). The second-order valence-electron chi connectivity index (χ2n) is 8.43. The number of thiophene rings is 1. The summed E-state index contributed by atoms with van der Waals surface area (Å²) >= 11 is 1.80. The summed E-state index contributed by atoms with van der Waals surface area (Å²) in [5, 5.41) is 46.4. The third kappa shape index (κ3) is 8.16. The average molecular weight is 522 g/mol. The molecule has 0 amide bonds. The van der Waals surface area contributed by atoms with Gasteiger partial charge in [-0.15, -0.1) is 11.3 Å². The maximum atomic E-state index is 10.3. The monoisotopic (exact) mass is 521 g/mol. The van der Waals surface area contributed by atoms with Crippen molar-refractivity contribution in [3.63, 3.8) is 0 Å². The van der Waals surface area contributed by atoms with Crippen LogP contribution in [0.25, 0.3) is 11.0 Å². The number of fused-ring (bicyclic) bond motifs is 1. The molecule has 0 spiro atoms. The lowest BCUT2D eigenvalue weighted by Crippen LogP contribution is -2.42. The van der Waals surface area contributed by atoms with E-state index in [9.17, 15) is 19.5 Å². The van der Waals surface area contributed by atoms with Crippen molar-refractivity contribution in [1.82, 2.24) is 4.90 Å². The summed E-state index contributed by atoms with van der Waals surface area (Å²) in [5.74, 6) is -4.03. The standard InChI is InChI=1S/C19H23NO2S.C6H8O7/c1-14-8-11-23-19(14)13-20(9-5-10-21)12-17-15(2)22-18-7-4-3-6-16(17)18;7-3(8)1-6(13,5(11)12)2-4(9)10/h3-4,6-8,11,21H,5,9-10,12-13H2,1-2H3;13H,1-2H2,(H,7,8)(H,9,10)(H,11,12). The summed E-state index contributed by atoms with van der Waals surface area (Å²) in [4.78, 5) is 34.3. The van der Waals surface area contributed by atoms with Gasteiger partial charge in [0.05, 0.1) is 12.8 Å².